The molecule has 1 aliphatic heterocycles. The Morgan fingerprint density at radius 2 is 2.04 bits per heavy atom. The summed E-state index contributed by atoms with van der Waals surface area (Å²) in [6.45, 7) is 2.56. The van der Waals surface area contributed by atoms with Crippen LogP contribution < -0.4 is 4.90 Å². The van der Waals surface area contributed by atoms with Crippen molar-refractivity contribution < 1.29 is 5.11 Å². The van der Waals surface area contributed by atoms with E-state index in [4.69, 9.17) is 5.11 Å². The molecule has 126 valence electrons. The third-order valence-corrected chi connectivity index (χ3v) is 4.78. The van der Waals surface area contributed by atoms with Crippen molar-refractivity contribution in [2.24, 2.45) is 7.05 Å². The number of nitrogens with zero attached hydrogens (tertiary/aromatic N) is 7. The van der Waals surface area contributed by atoms with Crippen molar-refractivity contribution in [3.8, 4) is 0 Å². The molecule has 1 aliphatic rings. The third-order valence-electron chi connectivity index (χ3n) is 4.78. The molecule has 0 amide bonds. The average molecular weight is 327 g/mol. The zero-order valence-electron chi connectivity index (χ0n) is 13.7. The fourth-order valence-electron chi connectivity index (χ4n) is 3.56. The summed E-state index contributed by atoms with van der Waals surface area (Å²) in [6, 6.07) is 2.07. The summed E-state index contributed by atoms with van der Waals surface area (Å²) in [5.74, 6) is 1.44. The molecule has 8 heteroatoms. The quantitative estimate of drug-likeness (QED) is 0.767. The van der Waals surface area contributed by atoms with Gasteiger partial charge in [-0.15, -0.1) is 0 Å². The normalized spacial score (nSPS) is 16.2. The molecule has 0 saturated carbocycles. The van der Waals surface area contributed by atoms with Crippen molar-refractivity contribution >= 4 is 16.9 Å². The number of aromatic nitrogens is 6. The van der Waals surface area contributed by atoms with Gasteiger partial charge in [0.25, 0.3) is 0 Å². The monoisotopic (exact) mass is 327 g/mol. The van der Waals surface area contributed by atoms with Crippen LogP contribution in [0, 0.1) is 0 Å². The molecule has 0 atom stereocenters. The summed E-state index contributed by atoms with van der Waals surface area (Å²) < 4.78 is 3.70. The van der Waals surface area contributed by atoms with E-state index in [1.54, 1.807) is 11.0 Å². The first-order chi connectivity index (χ1) is 11.8. The number of fused-ring (bicyclic) bond motifs is 1. The molecule has 0 bridgehead atoms. The molecule has 3 aromatic heterocycles. The van der Waals surface area contributed by atoms with Crippen LogP contribution in [0.4, 0.5) is 5.82 Å². The Morgan fingerprint density at radius 1 is 1.21 bits per heavy atom. The van der Waals surface area contributed by atoms with Crippen LogP contribution in [-0.4, -0.2) is 54.3 Å². The lowest BCUT2D eigenvalue weighted by molar-refractivity contribution is 0.265. The number of aryl methyl sites for hydroxylation is 1. The maximum Gasteiger partial charge on any atom is 0.163 e. The summed E-state index contributed by atoms with van der Waals surface area (Å²) in [7, 11) is 1.90. The van der Waals surface area contributed by atoms with Gasteiger partial charge in [0.1, 0.15) is 12.1 Å². The van der Waals surface area contributed by atoms with Gasteiger partial charge in [0, 0.05) is 37.9 Å². The van der Waals surface area contributed by atoms with Crippen LogP contribution in [0.25, 0.3) is 11.0 Å². The molecule has 0 aliphatic carbocycles. The highest BCUT2D eigenvalue weighted by Crippen LogP contribution is 2.31. The molecule has 1 saturated heterocycles. The second kappa shape index (κ2) is 6.20. The predicted molar refractivity (Wildman–Crippen MR) is 89.8 cm³/mol. The van der Waals surface area contributed by atoms with Crippen LogP contribution in [0.5, 0.6) is 0 Å². The van der Waals surface area contributed by atoms with E-state index in [1.807, 2.05) is 24.1 Å². The lowest BCUT2D eigenvalue weighted by atomic mass is 9.93. The van der Waals surface area contributed by atoms with E-state index in [0.717, 1.165) is 42.8 Å². The van der Waals surface area contributed by atoms with Crippen molar-refractivity contribution in [1.29, 1.82) is 0 Å². The second-order valence-electron chi connectivity index (χ2n) is 6.17. The van der Waals surface area contributed by atoms with E-state index in [0.29, 0.717) is 12.5 Å². The van der Waals surface area contributed by atoms with Crippen LogP contribution >= 0.6 is 0 Å². The third kappa shape index (κ3) is 2.52. The fraction of sp³-hybridized carbons (Fsp3) is 0.500. The first-order valence-corrected chi connectivity index (χ1v) is 8.28. The molecular weight excluding hydrogens is 306 g/mol. The molecule has 3 aromatic rings. The molecule has 4 rings (SSSR count). The van der Waals surface area contributed by atoms with Crippen LogP contribution in [-0.2, 0) is 13.6 Å². The van der Waals surface area contributed by atoms with Gasteiger partial charge < -0.3 is 10.0 Å². The first-order valence-electron chi connectivity index (χ1n) is 8.28. The zero-order valence-corrected chi connectivity index (χ0v) is 13.7. The number of rotatable bonds is 4. The van der Waals surface area contributed by atoms with Crippen molar-refractivity contribution in [2.75, 3.05) is 24.6 Å². The molecule has 4 heterocycles. The number of anilines is 1. The SMILES string of the molecule is Cn1ncc2c(N3CCC(c4ccnn4CCO)CC3)ncnc21. The molecule has 0 aromatic carbocycles. The van der Waals surface area contributed by atoms with Gasteiger partial charge in [0.2, 0.25) is 0 Å². The smallest absolute Gasteiger partial charge is 0.163 e. The van der Waals surface area contributed by atoms with Gasteiger partial charge in [-0.2, -0.15) is 10.2 Å². The van der Waals surface area contributed by atoms with Crippen molar-refractivity contribution in [1.82, 2.24) is 29.5 Å². The maximum absolute atomic E-state index is 9.16. The number of piperidine rings is 1. The summed E-state index contributed by atoms with van der Waals surface area (Å²) in [5, 5.41) is 18.8. The van der Waals surface area contributed by atoms with Gasteiger partial charge in [-0.25, -0.2) is 9.97 Å². The standard InChI is InChI=1S/C16H21N7O/c1-21-15-13(10-20-21)16(18-11-17-15)22-6-3-12(4-7-22)14-2-5-19-23(14)8-9-24/h2,5,10-12,24H,3-4,6-9H2,1H3. The van der Waals surface area contributed by atoms with Crippen LogP contribution in [0.2, 0.25) is 0 Å². The average Bonchev–Trinajstić information content (AvgIpc) is 3.23. The van der Waals surface area contributed by atoms with Gasteiger partial charge in [0.05, 0.1) is 24.7 Å². The zero-order chi connectivity index (χ0) is 16.5. The van der Waals surface area contributed by atoms with Crippen LogP contribution in [0.1, 0.15) is 24.5 Å². The van der Waals surface area contributed by atoms with E-state index in [9.17, 15) is 0 Å². The number of aliphatic hydroxyl groups excluding tert-OH is 1. The Labute approximate surface area is 139 Å². The lowest BCUT2D eigenvalue weighted by Crippen LogP contribution is -2.34. The molecule has 0 spiro atoms. The number of hydrogen-bond donors (Lipinski definition) is 1. The highest BCUT2D eigenvalue weighted by Gasteiger charge is 2.25. The molecule has 0 radical (unpaired) electrons. The Bertz CT molecular complexity index is 832. The largest absolute Gasteiger partial charge is 0.394 e. The Balaban J connectivity index is 1.52. The Morgan fingerprint density at radius 3 is 2.83 bits per heavy atom. The van der Waals surface area contributed by atoms with Gasteiger partial charge >= 0.3 is 0 Å². The molecule has 24 heavy (non-hydrogen) atoms. The fourth-order valence-corrected chi connectivity index (χ4v) is 3.56. The molecular formula is C16H21N7O. The Kier molecular flexibility index (Phi) is 3.89. The summed E-state index contributed by atoms with van der Waals surface area (Å²) in [4.78, 5) is 11.1. The minimum absolute atomic E-state index is 0.119. The van der Waals surface area contributed by atoms with Gasteiger partial charge in [0.15, 0.2) is 5.65 Å². The molecule has 8 nitrogen and oxygen atoms in total. The van der Waals surface area contributed by atoms with E-state index in [1.165, 1.54) is 5.69 Å². The number of hydrogen-bond acceptors (Lipinski definition) is 6. The van der Waals surface area contributed by atoms with E-state index < -0.39 is 0 Å². The topological polar surface area (TPSA) is 84.9 Å². The lowest BCUT2D eigenvalue weighted by Gasteiger charge is -2.33. The second-order valence-corrected chi connectivity index (χ2v) is 6.17. The highest BCUT2D eigenvalue weighted by molar-refractivity contribution is 5.86. The minimum atomic E-state index is 0.119. The van der Waals surface area contributed by atoms with Crippen molar-refractivity contribution in [2.45, 2.75) is 25.3 Å². The summed E-state index contributed by atoms with van der Waals surface area (Å²) >= 11 is 0. The molecule has 0 unspecified atom stereocenters. The molecule has 1 N–H and O–H groups in total. The van der Waals surface area contributed by atoms with Gasteiger partial charge in [-0.3, -0.25) is 9.36 Å². The van der Waals surface area contributed by atoms with Crippen molar-refractivity contribution in [3.63, 3.8) is 0 Å². The molecule has 1 fully saturated rings. The minimum Gasteiger partial charge on any atom is -0.394 e. The van der Waals surface area contributed by atoms with E-state index in [-0.39, 0.29) is 6.61 Å². The first kappa shape index (κ1) is 15.1. The summed E-state index contributed by atoms with van der Waals surface area (Å²) in [5.41, 5.74) is 2.08. The number of aliphatic hydroxyl groups is 1. The van der Waals surface area contributed by atoms with E-state index in [2.05, 4.69) is 31.1 Å². The van der Waals surface area contributed by atoms with Crippen LogP contribution in [0.15, 0.2) is 24.8 Å². The van der Waals surface area contributed by atoms with Crippen molar-refractivity contribution in [3.05, 3.63) is 30.5 Å². The Hall–Kier alpha value is -2.48. The van der Waals surface area contributed by atoms with Gasteiger partial charge in [-0.1, -0.05) is 0 Å². The van der Waals surface area contributed by atoms with Crippen LogP contribution in [0.3, 0.4) is 0 Å². The highest BCUT2D eigenvalue weighted by atomic mass is 16.3. The summed E-state index contributed by atoms with van der Waals surface area (Å²) in [6.07, 6.45) is 7.36. The maximum atomic E-state index is 9.16. The van der Waals surface area contributed by atoms with Gasteiger partial charge in [-0.05, 0) is 18.9 Å². The van der Waals surface area contributed by atoms with E-state index >= 15 is 0 Å². The predicted octanol–water partition coefficient (Wildman–Crippen LogP) is 0.936.